The fourth-order valence-electron chi connectivity index (χ4n) is 3.64. The number of nitrogens with zero attached hydrogens (tertiary/aromatic N) is 1. The highest BCUT2D eigenvalue weighted by atomic mass is 32.2. The lowest BCUT2D eigenvalue weighted by Gasteiger charge is -2.19. The quantitative estimate of drug-likeness (QED) is 0.412. The third-order valence-electron chi connectivity index (χ3n) is 5.68. The highest BCUT2D eigenvalue weighted by Crippen LogP contribution is 2.21. The molecule has 0 saturated carbocycles. The molecule has 198 valence electrons. The molecule has 0 heterocycles. The van der Waals surface area contributed by atoms with Gasteiger partial charge in [0.15, 0.2) is 0 Å². The standard InChI is InChI=1S/C28H35N3O5S/c1-28(2,3)36-27(33)30-20-22-11-9-21(10-12-22)13-16-26(32)29-17-18-31(4)37(34,35)25-15-14-23-7-5-6-8-24(23)19-25/h5-12,14-15,19H,13,16-18,20H2,1-4H3,(H,29,32)(H,30,33). The number of alkyl carbamates (subject to hydrolysis) is 1. The van der Waals surface area contributed by atoms with Gasteiger partial charge in [-0.1, -0.05) is 54.6 Å². The van der Waals surface area contributed by atoms with Crippen LogP contribution in [0.3, 0.4) is 0 Å². The molecule has 2 amide bonds. The average molecular weight is 526 g/mol. The van der Waals surface area contributed by atoms with Crippen LogP contribution in [0.2, 0.25) is 0 Å². The number of rotatable bonds is 10. The van der Waals surface area contributed by atoms with E-state index in [0.29, 0.717) is 13.0 Å². The number of aryl methyl sites for hydroxylation is 1. The Bertz CT molecular complexity index is 1330. The zero-order valence-corrected chi connectivity index (χ0v) is 22.6. The smallest absolute Gasteiger partial charge is 0.407 e. The lowest BCUT2D eigenvalue weighted by molar-refractivity contribution is -0.121. The fraction of sp³-hybridized carbons (Fsp3) is 0.357. The topological polar surface area (TPSA) is 105 Å². The fourth-order valence-corrected chi connectivity index (χ4v) is 4.85. The van der Waals surface area contributed by atoms with E-state index in [1.807, 2.05) is 69.3 Å². The van der Waals surface area contributed by atoms with E-state index in [1.165, 1.54) is 11.4 Å². The van der Waals surface area contributed by atoms with Crippen molar-refractivity contribution in [3.05, 3.63) is 77.9 Å². The molecule has 0 unspecified atom stereocenters. The summed E-state index contributed by atoms with van der Waals surface area (Å²) in [5, 5.41) is 7.34. The normalized spacial score (nSPS) is 11.9. The highest BCUT2D eigenvalue weighted by molar-refractivity contribution is 7.89. The Kier molecular flexibility index (Phi) is 9.29. The van der Waals surface area contributed by atoms with Crippen molar-refractivity contribution in [2.45, 2.75) is 50.7 Å². The number of sulfonamides is 1. The summed E-state index contributed by atoms with van der Waals surface area (Å²) in [5.41, 5.74) is 1.37. The largest absolute Gasteiger partial charge is 0.444 e. The molecule has 0 aliphatic carbocycles. The van der Waals surface area contributed by atoms with Gasteiger partial charge in [0.2, 0.25) is 15.9 Å². The third kappa shape index (κ3) is 8.58. The lowest BCUT2D eigenvalue weighted by atomic mass is 10.1. The average Bonchev–Trinajstić information content (AvgIpc) is 2.85. The minimum atomic E-state index is -3.66. The van der Waals surface area contributed by atoms with Crippen molar-refractivity contribution in [3.63, 3.8) is 0 Å². The summed E-state index contributed by atoms with van der Waals surface area (Å²) in [5.74, 6) is -0.146. The summed E-state index contributed by atoms with van der Waals surface area (Å²) in [6, 6.07) is 20.3. The first kappa shape index (κ1) is 28.1. The van der Waals surface area contributed by atoms with Gasteiger partial charge in [-0.25, -0.2) is 13.2 Å². The molecule has 3 aromatic carbocycles. The van der Waals surface area contributed by atoms with Gasteiger partial charge in [0.1, 0.15) is 5.60 Å². The van der Waals surface area contributed by atoms with E-state index >= 15 is 0 Å². The lowest BCUT2D eigenvalue weighted by Crippen LogP contribution is -2.36. The van der Waals surface area contributed by atoms with Gasteiger partial charge in [-0.2, -0.15) is 4.31 Å². The first-order chi connectivity index (χ1) is 17.4. The Morgan fingerprint density at radius 2 is 1.54 bits per heavy atom. The van der Waals surface area contributed by atoms with Crippen LogP contribution in [0.15, 0.2) is 71.6 Å². The van der Waals surface area contributed by atoms with Crippen molar-refractivity contribution in [1.82, 2.24) is 14.9 Å². The van der Waals surface area contributed by atoms with Crippen LogP contribution < -0.4 is 10.6 Å². The Labute approximate surface area is 219 Å². The molecule has 37 heavy (non-hydrogen) atoms. The van der Waals surface area contributed by atoms with E-state index in [-0.39, 0.29) is 30.3 Å². The number of hydrogen-bond donors (Lipinski definition) is 2. The molecule has 0 saturated heterocycles. The molecular weight excluding hydrogens is 490 g/mol. The summed E-state index contributed by atoms with van der Waals surface area (Å²) in [7, 11) is -2.15. The highest BCUT2D eigenvalue weighted by Gasteiger charge is 2.21. The van der Waals surface area contributed by atoms with Gasteiger partial charge < -0.3 is 15.4 Å². The van der Waals surface area contributed by atoms with E-state index in [1.54, 1.807) is 18.2 Å². The number of amides is 2. The summed E-state index contributed by atoms with van der Waals surface area (Å²) in [6.07, 6.45) is 0.372. The van der Waals surface area contributed by atoms with E-state index in [2.05, 4.69) is 10.6 Å². The van der Waals surface area contributed by atoms with Crippen LogP contribution in [0.25, 0.3) is 10.8 Å². The maximum absolute atomic E-state index is 12.9. The number of carbonyl (C=O) groups is 2. The van der Waals surface area contributed by atoms with Crippen LogP contribution in [0.4, 0.5) is 4.79 Å². The summed E-state index contributed by atoms with van der Waals surface area (Å²) in [6.45, 7) is 6.17. The second-order valence-corrected chi connectivity index (χ2v) is 11.9. The van der Waals surface area contributed by atoms with Crippen molar-refractivity contribution < 1.29 is 22.7 Å². The zero-order valence-electron chi connectivity index (χ0n) is 21.8. The van der Waals surface area contributed by atoms with Crippen LogP contribution in [-0.4, -0.2) is 50.5 Å². The van der Waals surface area contributed by atoms with Gasteiger partial charge in [0.25, 0.3) is 0 Å². The minimum absolute atomic E-state index is 0.146. The molecule has 0 spiro atoms. The Morgan fingerprint density at radius 1 is 0.892 bits per heavy atom. The van der Waals surface area contributed by atoms with Crippen LogP contribution in [-0.2, 0) is 32.5 Å². The van der Waals surface area contributed by atoms with E-state index in [9.17, 15) is 18.0 Å². The van der Waals surface area contributed by atoms with E-state index in [0.717, 1.165) is 21.9 Å². The number of ether oxygens (including phenoxy) is 1. The molecular formula is C28H35N3O5S. The number of benzene rings is 3. The number of hydrogen-bond acceptors (Lipinski definition) is 5. The first-order valence-corrected chi connectivity index (χ1v) is 13.6. The molecule has 8 nitrogen and oxygen atoms in total. The summed E-state index contributed by atoms with van der Waals surface area (Å²) in [4.78, 5) is 24.3. The Balaban J connectivity index is 1.40. The first-order valence-electron chi connectivity index (χ1n) is 12.2. The summed E-state index contributed by atoms with van der Waals surface area (Å²) < 4.78 is 32.3. The van der Waals surface area contributed by atoms with Crippen molar-refractivity contribution in [2.24, 2.45) is 0 Å². The number of carbonyl (C=O) groups excluding carboxylic acids is 2. The molecule has 0 aromatic heterocycles. The number of nitrogens with one attached hydrogen (secondary N) is 2. The Hall–Kier alpha value is -3.43. The monoisotopic (exact) mass is 525 g/mol. The molecule has 9 heteroatoms. The Morgan fingerprint density at radius 3 is 2.22 bits per heavy atom. The molecule has 0 bridgehead atoms. The molecule has 3 aromatic rings. The van der Waals surface area contributed by atoms with Crippen LogP contribution >= 0.6 is 0 Å². The van der Waals surface area contributed by atoms with Crippen molar-refractivity contribution >= 4 is 32.8 Å². The number of likely N-dealkylation sites (N-methyl/N-ethyl adjacent to an activating group) is 1. The van der Waals surface area contributed by atoms with Crippen LogP contribution in [0, 0.1) is 0 Å². The second kappa shape index (κ2) is 12.2. The minimum Gasteiger partial charge on any atom is -0.444 e. The SMILES string of the molecule is CN(CCNC(=O)CCc1ccc(CNC(=O)OC(C)(C)C)cc1)S(=O)(=O)c1ccc2ccccc2c1. The van der Waals surface area contributed by atoms with Gasteiger partial charge in [-0.05, 0) is 61.2 Å². The molecule has 0 fully saturated rings. The van der Waals surface area contributed by atoms with Gasteiger partial charge in [-0.15, -0.1) is 0 Å². The molecule has 0 atom stereocenters. The summed E-state index contributed by atoms with van der Waals surface area (Å²) >= 11 is 0. The van der Waals surface area contributed by atoms with Gasteiger partial charge in [0, 0.05) is 33.1 Å². The maximum atomic E-state index is 12.9. The van der Waals surface area contributed by atoms with Gasteiger partial charge >= 0.3 is 6.09 Å². The molecule has 0 aliphatic rings. The second-order valence-electron chi connectivity index (χ2n) is 9.86. The van der Waals surface area contributed by atoms with Gasteiger partial charge in [-0.3, -0.25) is 4.79 Å². The van der Waals surface area contributed by atoms with Crippen molar-refractivity contribution in [2.75, 3.05) is 20.1 Å². The predicted octanol–water partition coefficient (Wildman–Crippen LogP) is 4.23. The number of fused-ring (bicyclic) bond motifs is 1. The zero-order chi connectivity index (χ0) is 27.1. The molecule has 0 radical (unpaired) electrons. The predicted molar refractivity (Wildman–Crippen MR) is 145 cm³/mol. The molecule has 2 N–H and O–H groups in total. The van der Waals surface area contributed by atoms with Crippen molar-refractivity contribution in [3.8, 4) is 0 Å². The van der Waals surface area contributed by atoms with Gasteiger partial charge in [0.05, 0.1) is 4.90 Å². The maximum Gasteiger partial charge on any atom is 0.407 e. The molecule has 0 aliphatic heterocycles. The third-order valence-corrected chi connectivity index (χ3v) is 7.53. The van der Waals surface area contributed by atoms with Crippen molar-refractivity contribution in [1.29, 1.82) is 0 Å². The van der Waals surface area contributed by atoms with E-state index < -0.39 is 21.7 Å². The van der Waals surface area contributed by atoms with Crippen LogP contribution in [0.5, 0.6) is 0 Å². The van der Waals surface area contributed by atoms with Crippen LogP contribution in [0.1, 0.15) is 38.3 Å². The van der Waals surface area contributed by atoms with E-state index in [4.69, 9.17) is 4.74 Å². The molecule has 3 rings (SSSR count).